The van der Waals surface area contributed by atoms with Gasteiger partial charge in [0.05, 0.1) is 13.2 Å². The third-order valence-electron chi connectivity index (χ3n) is 1.66. The fraction of sp³-hybridized carbons (Fsp3) is 0.333. The molecule has 0 amide bonds. The van der Waals surface area contributed by atoms with Gasteiger partial charge in [-0.25, -0.2) is 5.43 Å². The third kappa shape index (κ3) is 0.733. The lowest BCUT2D eigenvalue weighted by atomic mass is 10.3. The van der Waals surface area contributed by atoms with Crippen LogP contribution in [0, 0.1) is 0 Å². The Kier molecular flexibility index (Phi) is 1.07. The second-order valence-electron chi connectivity index (χ2n) is 2.45. The molecule has 2 aliphatic heterocycles. The van der Waals surface area contributed by atoms with Gasteiger partial charge >= 0.3 is 0 Å². The molecular formula is C6H10N4. The highest BCUT2D eigenvalue weighted by Gasteiger charge is 2.17. The number of rotatable bonds is 0. The van der Waals surface area contributed by atoms with Crippen molar-refractivity contribution in [3.05, 3.63) is 23.7 Å². The minimum absolute atomic E-state index is 0.825. The molecular weight excluding hydrogens is 128 g/mol. The average molecular weight is 138 g/mol. The van der Waals surface area contributed by atoms with E-state index in [1.807, 2.05) is 12.2 Å². The van der Waals surface area contributed by atoms with E-state index >= 15 is 0 Å². The number of nitrogens with zero attached hydrogens (tertiary/aromatic N) is 1. The highest BCUT2D eigenvalue weighted by molar-refractivity contribution is 5.22. The summed E-state index contributed by atoms with van der Waals surface area (Å²) in [7, 11) is 0. The Morgan fingerprint density at radius 3 is 3.30 bits per heavy atom. The molecule has 2 heterocycles. The van der Waals surface area contributed by atoms with E-state index in [1.165, 1.54) is 0 Å². The van der Waals surface area contributed by atoms with Gasteiger partial charge in [-0.1, -0.05) is 0 Å². The van der Waals surface area contributed by atoms with Crippen molar-refractivity contribution in [2.24, 2.45) is 5.73 Å². The maximum absolute atomic E-state index is 5.61. The van der Waals surface area contributed by atoms with E-state index in [9.17, 15) is 0 Å². The van der Waals surface area contributed by atoms with E-state index in [0.29, 0.717) is 0 Å². The molecule has 0 aromatic carbocycles. The minimum Gasteiger partial charge on any atom is -0.401 e. The molecule has 4 nitrogen and oxygen atoms in total. The number of nitrogens with one attached hydrogen (secondary N) is 2. The summed E-state index contributed by atoms with van der Waals surface area (Å²) in [6, 6.07) is 0. The fourth-order valence-corrected chi connectivity index (χ4v) is 1.14. The Labute approximate surface area is 59.3 Å². The van der Waals surface area contributed by atoms with Crippen molar-refractivity contribution in [2.75, 3.05) is 13.2 Å². The van der Waals surface area contributed by atoms with Crippen molar-refractivity contribution in [3.63, 3.8) is 0 Å². The summed E-state index contributed by atoms with van der Waals surface area (Å²) in [6.07, 6.45) is 3.89. The molecule has 4 N–H and O–H groups in total. The summed E-state index contributed by atoms with van der Waals surface area (Å²) in [5.41, 5.74) is 12.5. The summed E-state index contributed by atoms with van der Waals surface area (Å²) in [5, 5.41) is 0. The quantitative estimate of drug-likeness (QED) is 0.404. The van der Waals surface area contributed by atoms with E-state index in [1.54, 1.807) is 0 Å². The Balaban J connectivity index is 2.22. The topological polar surface area (TPSA) is 53.3 Å². The first-order valence-corrected chi connectivity index (χ1v) is 3.26. The minimum atomic E-state index is 0.825. The van der Waals surface area contributed by atoms with Crippen molar-refractivity contribution in [1.82, 2.24) is 15.8 Å². The van der Waals surface area contributed by atoms with Gasteiger partial charge in [-0.05, 0) is 12.2 Å². The zero-order valence-corrected chi connectivity index (χ0v) is 5.59. The molecule has 0 saturated carbocycles. The standard InChI is InChI=1S/C6H10N4/c7-5-1-2-6-9-8-4-10(6)3-5/h1-2,8-9H,3-4,7H2. The van der Waals surface area contributed by atoms with Gasteiger partial charge in [0, 0.05) is 5.70 Å². The molecule has 0 radical (unpaired) electrons. The van der Waals surface area contributed by atoms with Gasteiger partial charge < -0.3 is 16.1 Å². The molecule has 10 heavy (non-hydrogen) atoms. The molecule has 0 atom stereocenters. The molecule has 0 aliphatic carbocycles. The van der Waals surface area contributed by atoms with Crippen molar-refractivity contribution < 1.29 is 0 Å². The molecule has 0 bridgehead atoms. The normalized spacial score (nSPS) is 23.0. The molecule has 0 spiro atoms. The predicted molar refractivity (Wildman–Crippen MR) is 38.2 cm³/mol. The number of allylic oxidation sites excluding steroid dienone is 2. The molecule has 1 saturated heterocycles. The van der Waals surface area contributed by atoms with Crippen LogP contribution < -0.4 is 16.6 Å². The van der Waals surface area contributed by atoms with Crippen LogP contribution in [-0.2, 0) is 0 Å². The van der Waals surface area contributed by atoms with Gasteiger partial charge in [-0.15, -0.1) is 0 Å². The average Bonchev–Trinajstić information content (AvgIpc) is 2.33. The Hall–Kier alpha value is -1.16. The van der Waals surface area contributed by atoms with Crippen LogP contribution in [-0.4, -0.2) is 18.1 Å². The van der Waals surface area contributed by atoms with Crippen molar-refractivity contribution in [3.8, 4) is 0 Å². The Morgan fingerprint density at radius 1 is 1.50 bits per heavy atom. The smallest absolute Gasteiger partial charge is 0.117 e. The van der Waals surface area contributed by atoms with Crippen LogP contribution in [0.3, 0.4) is 0 Å². The first kappa shape index (κ1) is 5.61. The van der Waals surface area contributed by atoms with E-state index in [-0.39, 0.29) is 0 Å². The van der Waals surface area contributed by atoms with Crippen LogP contribution in [0.15, 0.2) is 23.7 Å². The largest absolute Gasteiger partial charge is 0.401 e. The summed E-state index contributed by atoms with van der Waals surface area (Å²) < 4.78 is 0. The fourth-order valence-electron chi connectivity index (χ4n) is 1.14. The van der Waals surface area contributed by atoms with Crippen molar-refractivity contribution in [1.29, 1.82) is 0 Å². The molecule has 0 unspecified atom stereocenters. The number of hydrazine groups is 1. The summed E-state index contributed by atoms with van der Waals surface area (Å²) >= 11 is 0. The van der Waals surface area contributed by atoms with Crippen molar-refractivity contribution in [2.45, 2.75) is 0 Å². The first-order chi connectivity index (χ1) is 4.86. The van der Waals surface area contributed by atoms with Gasteiger partial charge in [0.25, 0.3) is 0 Å². The lowest BCUT2D eigenvalue weighted by molar-refractivity contribution is 0.408. The molecule has 1 fully saturated rings. The second-order valence-corrected chi connectivity index (χ2v) is 2.45. The number of nitrogens with two attached hydrogens (primary N) is 1. The lowest BCUT2D eigenvalue weighted by Gasteiger charge is -2.20. The van der Waals surface area contributed by atoms with E-state index in [4.69, 9.17) is 5.73 Å². The van der Waals surface area contributed by atoms with E-state index < -0.39 is 0 Å². The predicted octanol–water partition coefficient (Wildman–Crippen LogP) is -0.949. The number of hydrogen-bond donors (Lipinski definition) is 3. The van der Waals surface area contributed by atoms with Crippen LogP contribution in [0.4, 0.5) is 0 Å². The SMILES string of the molecule is NC1=CC=C2NNCN2C1. The molecule has 2 aliphatic rings. The Bertz CT molecular complexity index is 206. The van der Waals surface area contributed by atoms with Gasteiger partial charge in [0.2, 0.25) is 0 Å². The highest BCUT2D eigenvalue weighted by atomic mass is 15.6. The van der Waals surface area contributed by atoms with E-state index in [0.717, 1.165) is 24.7 Å². The van der Waals surface area contributed by atoms with Crippen LogP contribution in [0.2, 0.25) is 0 Å². The number of fused-ring (bicyclic) bond motifs is 1. The van der Waals surface area contributed by atoms with Crippen LogP contribution in [0.5, 0.6) is 0 Å². The summed E-state index contributed by atoms with van der Waals surface area (Å²) in [4.78, 5) is 2.13. The molecule has 4 heteroatoms. The molecule has 0 aromatic rings. The molecule has 0 aromatic heterocycles. The zero-order chi connectivity index (χ0) is 6.97. The zero-order valence-electron chi connectivity index (χ0n) is 5.59. The van der Waals surface area contributed by atoms with Crippen LogP contribution in [0.1, 0.15) is 0 Å². The lowest BCUT2D eigenvalue weighted by Crippen LogP contribution is -2.27. The molecule has 2 rings (SSSR count). The maximum atomic E-state index is 5.61. The number of hydrogen-bond acceptors (Lipinski definition) is 4. The summed E-state index contributed by atoms with van der Waals surface area (Å²) in [5.74, 6) is 1.11. The highest BCUT2D eigenvalue weighted by Crippen LogP contribution is 2.10. The maximum Gasteiger partial charge on any atom is 0.117 e. The second kappa shape index (κ2) is 1.91. The van der Waals surface area contributed by atoms with Crippen molar-refractivity contribution >= 4 is 0 Å². The van der Waals surface area contributed by atoms with Crippen LogP contribution in [0.25, 0.3) is 0 Å². The molecule has 54 valence electrons. The van der Waals surface area contributed by atoms with E-state index in [2.05, 4.69) is 15.8 Å². The first-order valence-electron chi connectivity index (χ1n) is 3.26. The summed E-state index contributed by atoms with van der Waals surface area (Å²) in [6.45, 7) is 1.66. The van der Waals surface area contributed by atoms with Crippen LogP contribution >= 0.6 is 0 Å². The van der Waals surface area contributed by atoms with Gasteiger partial charge in [-0.3, -0.25) is 0 Å². The van der Waals surface area contributed by atoms with Gasteiger partial charge in [-0.2, -0.15) is 0 Å². The monoisotopic (exact) mass is 138 g/mol. The Morgan fingerprint density at radius 2 is 2.40 bits per heavy atom. The van der Waals surface area contributed by atoms with Gasteiger partial charge in [0.1, 0.15) is 5.82 Å². The van der Waals surface area contributed by atoms with Gasteiger partial charge in [0.15, 0.2) is 0 Å². The third-order valence-corrected chi connectivity index (χ3v) is 1.66.